The summed E-state index contributed by atoms with van der Waals surface area (Å²) in [6.07, 6.45) is -0.466. The van der Waals surface area contributed by atoms with E-state index in [1.807, 2.05) is 0 Å². The third-order valence-corrected chi connectivity index (χ3v) is 1.50. The first-order chi connectivity index (χ1) is 6.79. The zero-order chi connectivity index (χ0) is 11.8. The fraction of sp³-hybridized carbons (Fsp3) is 0.143. The van der Waals surface area contributed by atoms with Crippen molar-refractivity contribution < 1.29 is 6.85 Å². The van der Waals surface area contributed by atoms with E-state index in [1.54, 1.807) is 6.07 Å². The largest absolute Gasteiger partial charge is 0.260 e. The molecule has 1 heterocycles. The second-order valence-electron chi connectivity index (χ2n) is 1.50. The highest BCUT2D eigenvalue weighted by atomic mass is 79.9. The average Bonchev–Trinajstić information content (AvgIpc) is 2.12. The van der Waals surface area contributed by atoms with Gasteiger partial charge in [-0.3, -0.25) is 4.98 Å². The molecule has 50 valence electrons. The van der Waals surface area contributed by atoms with Crippen molar-refractivity contribution in [2.75, 3.05) is 0 Å². The maximum Gasteiger partial charge on any atom is 0.102 e. The van der Waals surface area contributed by atoms with Crippen LogP contribution in [0.15, 0.2) is 16.7 Å². The maximum absolute atomic E-state index is 8.76. The summed E-state index contributed by atoms with van der Waals surface area (Å²) in [6, 6.07) is 1.37. The van der Waals surface area contributed by atoms with Gasteiger partial charge in [-0.05, 0) is 28.8 Å². The van der Waals surface area contributed by atoms with Crippen LogP contribution in [0.1, 0.15) is 18.1 Å². The molecule has 0 saturated carbocycles. The molecule has 0 N–H and O–H groups in total. The van der Waals surface area contributed by atoms with E-state index in [1.165, 1.54) is 0 Å². The van der Waals surface area contributed by atoms with E-state index in [4.69, 9.17) is 12.1 Å². The third-order valence-electron chi connectivity index (χ3n) is 0.901. The Labute approximate surface area is 74.7 Å². The summed E-state index contributed by atoms with van der Waals surface area (Å²) < 4.78 is 36.0. The molecule has 0 radical (unpaired) electrons. The number of hydrogen-bond donors (Lipinski definition) is 0. The highest BCUT2D eigenvalue weighted by Crippen LogP contribution is 2.16. The molecule has 0 spiro atoms. The van der Waals surface area contributed by atoms with Gasteiger partial charge in [0.2, 0.25) is 0 Å². The minimum absolute atomic E-state index is 0.00359. The van der Waals surface area contributed by atoms with Crippen molar-refractivity contribution in [3.05, 3.63) is 27.9 Å². The van der Waals surface area contributed by atoms with Gasteiger partial charge in [-0.2, -0.15) is 5.26 Å². The van der Waals surface area contributed by atoms with Crippen LogP contribution < -0.4 is 0 Å². The summed E-state index contributed by atoms with van der Waals surface area (Å²) in [5.41, 5.74) is -0.658. The maximum atomic E-state index is 8.76. The van der Waals surface area contributed by atoms with Crippen molar-refractivity contribution in [3.63, 3.8) is 0 Å². The fourth-order valence-electron chi connectivity index (χ4n) is 0.457. The average molecular weight is 202 g/mol. The zero-order valence-corrected chi connectivity index (χ0v) is 6.36. The van der Waals surface area contributed by atoms with Crippen molar-refractivity contribution in [2.24, 2.45) is 0 Å². The Bertz CT molecular complexity index is 448. The summed E-state index contributed by atoms with van der Waals surface area (Å²) in [4.78, 5) is 3.44. The molecule has 0 bridgehead atoms. The molecule has 0 unspecified atom stereocenters. The van der Waals surface area contributed by atoms with E-state index in [0.717, 1.165) is 0 Å². The van der Waals surface area contributed by atoms with Gasteiger partial charge >= 0.3 is 0 Å². The molecule has 1 aromatic rings. The lowest BCUT2D eigenvalue weighted by atomic mass is 10.2. The van der Waals surface area contributed by atoms with Crippen molar-refractivity contribution in [2.45, 2.75) is 6.85 Å². The van der Waals surface area contributed by atoms with E-state index in [0.29, 0.717) is 0 Å². The Hall–Kier alpha value is -0.880. The molecule has 1 rings (SSSR count). The predicted octanol–water partition coefficient (Wildman–Crippen LogP) is 2.02. The number of pyridine rings is 1. The SMILES string of the molecule is [2H]c1nc(C([2H])([2H])[2H])c(C#N)c(Br)c1[2H]. The first kappa shape index (κ1) is 3.02. The van der Waals surface area contributed by atoms with Gasteiger partial charge in [-0.15, -0.1) is 0 Å². The molecular weight excluding hydrogens is 192 g/mol. The lowest BCUT2D eigenvalue weighted by molar-refractivity contribution is 1.17. The van der Waals surface area contributed by atoms with Crippen LogP contribution in [-0.4, -0.2) is 4.98 Å². The van der Waals surface area contributed by atoms with Crippen LogP contribution in [0.3, 0.4) is 0 Å². The molecule has 3 heteroatoms. The Balaban J connectivity index is 3.62. The van der Waals surface area contributed by atoms with E-state index in [-0.39, 0.29) is 16.1 Å². The van der Waals surface area contributed by atoms with Crippen molar-refractivity contribution >= 4 is 15.9 Å². The van der Waals surface area contributed by atoms with E-state index >= 15 is 0 Å². The van der Waals surface area contributed by atoms with E-state index in [9.17, 15) is 0 Å². The lowest BCUT2D eigenvalue weighted by Gasteiger charge is -1.95. The number of aryl methyl sites for hydroxylation is 1. The molecule has 0 amide bonds. The van der Waals surface area contributed by atoms with Gasteiger partial charge in [0.05, 0.1) is 14.0 Å². The third kappa shape index (κ3) is 1.17. The highest BCUT2D eigenvalue weighted by Gasteiger charge is 2.00. The lowest BCUT2D eigenvalue weighted by Crippen LogP contribution is -1.86. The number of nitrogens with zero attached hydrogens (tertiary/aromatic N) is 2. The number of hydrogen-bond acceptors (Lipinski definition) is 2. The van der Waals surface area contributed by atoms with Crippen LogP contribution in [0, 0.1) is 18.2 Å². The second-order valence-corrected chi connectivity index (χ2v) is 2.29. The van der Waals surface area contributed by atoms with Crippen molar-refractivity contribution in [1.82, 2.24) is 4.98 Å². The fourth-order valence-corrected chi connectivity index (χ4v) is 0.822. The van der Waals surface area contributed by atoms with Crippen LogP contribution >= 0.6 is 15.9 Å². The van der Waals surface area contributed by atoms with Gasteiger partial charge < -0.3 is 0 Å². The molecular formula is C7H5BrN2. The van der Waals surface area contributed by atoms with E-state index < -0.39 is 18.7 Å². The molecule has 0 aliphatic rings. The van der Waals surface area contributed by atoms with Gasteiger partial charge in [-0.1, -0.05) is 0 Å². The first-order valence-electron chi connectivity index (χ1n) is 4.86. The van der Waals surface area contributed by atoms with Crippen LogP contribution in [0.4, 0.5) is 0 Å². The standard InChI is InChI=1S/C7H5BrN2/c1-5-6(4-9)7(8)2-3-10-5/h2-3H,1H3/i1D3,2D,3D. The number of rotatable bonds is 0. The molecule has 10 heavy (non-hydrogen) atoms. The molecule has 2 nitrogen and oxygen atoms in total. The Morgan fingerprint density at radius 3 is 3.40 bits per heavy atom. The molecule has 1 aromatic heterocycles. The van der Waals surface area contributed by atoms with Crippen LogP contribution in [-0.2, 0) is 0 Å². The van der Waals surface area contributed by atoms with Gasteiger partial charge in [0.25, 0.3) is 0 Å². The predicted molar refractivity (Wildman–Crippen MR) is 41.4 cm³/mol. The summed E-state index contributed by atoms with van der Waals surface area (Å²) in [5.74, 6) is 0. The Morgan fingerprint density at radius 1 is 2.00 bits per heavy atom. The normalized spacial score (nSPS) is 17.4. The molecule has 0 aromatic carbocycles. The van der Waals surface area contributed by atoms with Crippen LogP contribution in [0.25, 0.3) is 0 Å². The number of aromatic nitrogens is 1. The Morgan fingerprint density at radius 2 is 2.80 bits per heavy atom. The molecule has 0 aliphatic carbocycles. The van der Waals surface area contributed by atoms with Crippen LogP contribution in [0.2, 0.25) is 0 Å². The minimum Gasteiger partial charge on any atom is -0.260 e. The van der Waals surface area contributed by atoms with Crippen molar-refractivity contribution in [3.8, 4) is 6.07 Å². The summed E-state index contributed by atoms with van der Waals surface area (Å²) in [5, 5.41) is 8.76. The van der Waals surface area contributed by atoms with Crippen molar-refractivity contribution in [1.29, 1.82) is 5.26 Å². The molecule has 0 aliphatic heterocycles. The minimum atomic E-state index is -2.56. The highest BCUT2D eigenvalue weighted by molar-refractivity contribution is 9.10. The quantitative estimate of drug-likeness (QED) is 0.645. The van der Waals surface area contributed by atoms with Gasteiger partial charge in [0, 0.05) is 14.8 Å². The molecule has 0 saturated heterocycles. The zero-order valence-electron chi connectivity index (χ0n) is 9.77. The Kier molecular flexibility index (Phi) is 0.845. The van der Waals surface area contributed by atoms with Gasteiger partial charge in [0.15, 0.2) is 0 Å². The monoisotopic (exact) mass is 201 g/mol. The summed E-state index contributed by atoms with van der Waals surface area (Å²) in [7, 11) is 0. The van der Waals surface area contributed by atoms with Crippen LogP contribution in [0.5, 0.6) is 0 Å². The topological polar surface area (TPSA) is 36.7 Å². The smallest absolute Gasteiger partial charge is 0.102 e. The molecule has 0 atom stereocenters. The second kappa shape index (κ2) is 2.80. The molecule has 0 fully saturated rings. The first-order valence-corrected chi connectivity index (χ1v) is 3.15. The number of halogens is 1. The van der Waals surface area contributed by atoms with Gasteiger partial charge in [0.1, 0.15) is 6.07 Å². The summed E-state index contributed by atoms with van der Waals surface area (Å²) >= 11 is 2.91. The number of nitriles is 1. The summed E-state index contributed by atoms with van der Waals surface area (Å²) in [6.45, 7) is -2.56. The van der Waals surface area contributed by atoms with E-state index in [2.05, 4.69) is 20.9 Å². The van der Waals surface area contributed by atoms with Gasteiger partial charge in [-0.25, -0.2) is 0 Å².